The van der Waals surface area contributed by atoms with E-state index in [0.29, 0.717) is 13.2 Å². The minimum Gasteiger partial charge on any atom is -0.382 e. The summed E-state index contributed by atoms with van der Waals surface area (Å²) in [5, 5.41) is 3.36. The summed E-state index contributed by atoms with van der Waals surface area (Å²) in [4.78, 5) is 0. The largest absolute Gasteiger partial charge is 0.382 e. The van der Waals surface area contributed by atoms with Crippen LogP contribution >= 0.6 is 0 Å². The fraction of sp³-hybridized carbons (Fsp3) is 0.833. The molecule has 0 rings (SSSR count). The monoisotopic (exact) mass is 215 g/mol. The maximum Gasteiger partial charge on any atom is 0.0700 e. The van der Waals surface area contributed by atoms with Crippen molar-refractivity contribution in [2.75, 3.05) is 40.0 Å². The van der Waals surface area contributed by atoms with Gasteiger partial charge in [0.25, 0.3) is 0 Å². The molecule has 0 spiro atoms. The van der Waals surface area contributed by atoms with Crippen molar-refractivity contribution in [1.82, 2.24) is 5.32 Å². The molecule has 0 bridgehead atoms. The molecule has 0 atom stereocenters. The van der Waals surface area contributed by atoms with Gasteiger partial charge in [-0.1, -0.05) is 11.6 Å². The lowest BCUT2D eigenvalue weighted by Crippen LogP contribution is -2.15. The molecule has 0 aliphatic carbocycles. The Hall–Kier alpha value is -0.380. The first-order chi connectivity index (χ1) is 7.27. The van der Waals surface area contributed by atoms with Crippen LogP contribution in [0.2, 0.25) is 0 Å². The molecular weight excluding hydrogens is 190 g/mol. The molecular formula is C12H25NO2. The standard InChI is InChI=1S/C12H25NO2/c1-12(2)6-8-13-7-4-5-9-15-11-10-14-3/h6,13H,4-5,7-11H2,1-3H3. The third-order valence-corrected chi connectivity index (χ3v) is 1.98. The van der Waals surface area contributed by atoms with Crippen LogP contribution in [0.15, 0.2) is 11.6 Å². The van der Waals surface area contributed by atoms with Crippen LogP contribution in [0.1, 0.15) is 26.7 Å². The predicted octanol–water partition coefficient (Wildman–Crippen LogP) is 1.99. The summed E-state index contributed by atoms with van der Waals surface area (Å²) in [5.41, 5.74) is 1.37. The first-order valence-electron chi connectivity index (χ1n) is 5.68. The highest BCUT2D eigenvalue weighted by Gasteiger charge is 1.89. The molecule has 0 unspecified atom stereocenters. The summed E-state index contributed by atoms with van der Waals surface area (Å²) >= 11 is 0. The number of nitrogens with one attached hydrogen (secondary N) is 1. The molecule has 0 aromatic heterocycles. The van der Waals surface area contributed by atoms with E-state index < -0.39 is 0 Å². The molecule has 0 heterocycles. The summed E-state index contributed by atoms with van der Waals surface area (Å²) in [5.74, 6) is 0. The van der Waals surface area contributed by atoms with Crippen molar-refractivity contribution in [1.29, 1.82) is 0 Å². The Morgan fingerprint density at radius 1 is 1.13 bits per heavy atom. The SMILES string of the molecule is COCCOCCCCNCC=C(C)C. The Morgan fingerprint density at radius 3 is 2.60 bits per heavy atom. The molecule has 0 amide bonds. The van der Waals surface area contributed by atoms with Gasteiger partial charge >= 0.3 is 0 Å². The lowest BCUT2D eigenvalue weighted by Gasteiger charge is -2.04. The zero-order chi connectivity index (χ0) is 11.4. The number of ether oxygens (including phenoxy) is 2. The van der Waals surface area contributed by atoms with E-state index in [0.717, 1.165) is 26.1 Å². The van der Waals surface area contributed by atoms with Crippen LogP contribution in [-0.2, 0) is 9.47 Å². The van der Waals surface area contributed by atoms with Gasteiger partial charge in [-0.05, 0) is 33.2 Å². The molecule has 0 aromatic carbocycles. The van der Waals surface area contributed by atoms with E-state index in [1.165, 1.54) is 12.0 Å². The van der Waals surface area contributed by atoms with Crippen molar-refractivity contribution in [3.8, 4) is 0 Å². The van der Waals surface area contributed by atoms with Crippen LogP contribution in [0.25, 0.3) is 0 Å². The lowest BCUT2D eigenvalue weighted by molar-refractivity contribution is 0.0688. The minimum absolute atomic E-state index is 0.693. The van der Waals surface area contributed by atoms with Crippen LogP contribution in [0.3, 0.4) is 0 Å². The molecule has 0 fully saturated rings. The molecule has 90 valence electrons. The molecule has 0 radical (unpaired) electrons. The lowest BCUT2D eigenvalue weighted by atomic mass is 10.3. The average Bonchev–Trinajstić information content (AvgIpc) is 2.20. The number of allylic oxidation sites excluding steroid dienone is 1. The second kappa shape index (κ2) is 11.7. The number of hydrogen-bond acceptors (Lipinski definition) is 3. The van der Waals surface area contributed by atoms with Gasteiger partial charge in [0, 0.05) is 20.3 Å². The highest BCUT2D eigenvalue weighted by Crippen LogP contribution is 1.89. The van der Waals surface area contributed by atoms with Gasteiger partial charge in [-0.2, -0.15) is 0 Å². The van der Waals surface area contributed by atoms with E-state index in [-0.39, 0.29) is 0 Å². The van der Waals surface area contributed by atoms with Gasteiger partial charge in [0.1, 0.15) is 0 Å². The normalized spacial score (nSPS) is 10.3. The highest BCUT2D eigenvalue weighted by molar-refractivity contribution is 4.94. The Balaban J connectivity index is 2.96. The van der Waals surface area contributed by atoms with E-state index in [4.69, 9.17) is 9.47 Å². The van der Waals surface area contributed by atoms with E-state index in [1.54, 1.807) is 7.11 Å². The van der Waals surface area contributed by atoms with Gasteiger partial charge < -0.3 is 14.8 Å². The van der Waals surface area contributed by atoms with Crippen molar-refractivity contribution in [2.24, 2.45) is 0 Å². The third-order valence-electron chi connectivity index (χ3n) is 1.98. The van der Waals surface area contributed by atoms with Crippen LogP contribution < -0.4 is 5.32 Å². The molecule has 0 saturated carbocycles. The Labute approximate surface area is 93.8 Å². The smallest absolute Gasteiger partial charge is 0.0700 e. The van der Waals surface area contributed by atoms with Gasteiger partial charge in [0.05, 0.1) is 13.2 Å². The molecule has 3 heteroatoms. The van der Waals surface area contributed by atoms with Gasteiger partial charge in [-0.15, -0.1) is 0 Å². The fourth-order valence-electron chi connectivity index (χ4n) is 1.08. The topological polar surface area (TPSA) is 30.5 Å². The highest BCUT2D eigenvalue weighted by atomic mass is 16.5. The quantitative estimate of drug-likeness (QED) is 0.446. The summed E-state index contributed by atoms with van der Waals surface area (Å²) in [7, 11) is 1.69. The third kappa shape index (κ3) is 13.6. The number of rotatable bonds is 10. The maximum absolute atomic E-state index is 5.35. The minimum atomic E-state index is 0.693. The van der Waals surface area contributed by atoms with Crippen LogP contribution in [0.4, 0.5) is 0 Å². The van der Waals surface area contributed by atoms with E-state index in [2.05, 4.69) is 25.2 Å². The van der Waals surface area contributed by atoms with Crippen LogP contribution in [-0.4, -0.2) is 40.0 Å². The predicted molar refractivity (Wildman–Crippen MR) is 64.2 cm³/mol. The van der Waals surface area contributed by atoms with Gasteiger partial charge in [0.2, 0.25) is 0 Å². The molecule has 1 N–H and O–H groups in total. The number of hydrogen-bond donors (Lipinski definition) is 1. The van der Waals surface area contributed by atoms with Crippen molar-refractivity contribution in [2.45, 2.75) is 26.7 Å². The zero-order valence-corrected chi connectivity index (χ0v) is 10.3. The Morgan fingerprint density at radius 2 is 1.93 bits per heavy atom. The van der Waals surface area contributed by atoms with Gasteiger partial charge in [-0.3, -0.25) is 0 Å². The molecule has 0 aliphatic heterocycles. The first kappa shape index (κ1) is 14.6. The van der Waals surface area contributed by atoms with Crippen molar-refractivity contribution in [3.05, 3.63) is 11.6 Å². The zero-order valence-electron chi connectivity index (χ0n) is 10.3. The van der Waals surface area contributed by atoms with Crippen molar-refractivity contribution < 1.29 is 9.47 Å². The second-order valence-corrected chi connectivity index (χ2v) is 3.80. The van der Waals surface area contributed by atoms with Crippen LogP contribution in [0, 0.1) is 0 Å². The Bertz CT molecular complexity index is 154. The first-order valence-corrected chi connectivity index (χ1v) is 5.68. The average molecular weight is 215 g/mol. The van der Waals surface area contributed by atoms with E-state index >= 15 is 0 Å². The molecule has 0 aromatic rings. The Kier molecular flexibility index (Phi) is 11.4. The molecule has 15 heavy (non-hydrogen) atoms. The van der Waals surface area contributed by atoms with E-state index in [9.17, 15) is 0 Å². The second-order valence-electron chi connectivity index (χ2n) is 3.80. The maximum atomic E-state index is 5.35. The van der Waals surface area contributed by atoms with Crippen molar-refractivity contribution in [3.63, 3.8) is 0 Å². The number of unbranched alkanes of at least 4 members (excludes halogenated alkanes) is 1. The van der Waals surface area contributed by atoms with Gasteiger partial charge in [0.15, 0.2) is 0 Å². The number of methoxy groups -OCH3 is 1. The summed E-state index contributed by atoms with van der Waals surface area (Å²) in [6.07, 6.45) is 4.49. The molecule has 3 nitrogen and oxygen atoms in total. The molecule has 0 saturated heterocycles. The van der Waals surface area contributed by atoms with E-state index in [1.807, 2.05) is 0 Å². The summed E-state index contributed by atoms with van der Waals surface area (Å²) in [6, 6.07) is 0. The fourth-order valence-corrected chi connectivity index (χ4v) is 1.08. The summed E-state index contributed by atoms with van der Waals surface area (Å²) < 4.78 is 10.2. The van der Waals surface area contributed by atoms with Crippen molar-refractivity contribution >= 4 is 0 Å². The summed E-state index contributed by atoms with van der Waals surface area (Å²) in [6.45, 7) is 8.52. The van der Waals surface area contributed by atoms with Crippen LogP contribution in [0.5, 0.6) is 0 Å². The molecule has 0 aliphatic rings. The van der Waals surface area contributed by atoms with Gasteiger partial charge in [-0.25, -0.2) is 0 Å².